The van der Waals surface area contributed by atoms with Crippen molar-refractivity contribution < 1.29 is 14.4 Å². The SMILES string of the molecule is CCc1noc(C)c1NC(=O)NCC(C)(O)C(C)C. The number of carbonyl (C=O) groups excluding carboxylic acids is 1. The van der Waals surface area contributed by atoms with Crippen molar-refractivity contribution in [1.29, 1.82) is 0 Å². The minimum absolute atomic E-state index is 0.0522. The fourth-order valence-electron chi connectivity index (χ4n) is 1.44. The first-order valence-corrected chi connectivity index (χ1v) is 6.50. The molecule has 1 heterocycles. The smallest absolute Gasteiger partial charge is 0.319 e. The molecule has 0 saturated heterocycles. The average molecular weight is 269 g/mol. The fraction of sp³-hybridized carbons (Fsp3) is 0.692. The summed E-state index contributed by atoms with van der Waals surface area (Å²) in [6.07, 6.45) is 0.677. The van der Waals surface area contributed by atoms with Crippen LogP contribution < -0.4 is 10.6 Å². The first kappa shape index (κ1) is 15.5. The maximum Gasteiger partial charge on any atom is 0.319 e. The van der Waals surface area contributed by atoms with Crippen LogP contribution in [0.1, 0.15) is 39.1 Å². The van der Waals surface area contributed by atoms with Crippen LogP contribution in [0.5, 0.6) is 0 Å². The number of anilines is 1. The van der Waals surface area contributed by atoms with Gasteiger partial charge in [0.1, 0.15) is 11.4 Å². The number of rotatable bonds is 5. The molecule has 1 atom stereocenters. The largest absolute Gasteiger partial charge is 0.388 e. The van der Waals surface area contributed by atoms with E-state index in [1.807, 2.05) is 20.8 Å². The van der Waals surface area contributed by atoms with Crippen molar-refractivity contribution >= 4 is 11.7 Å². The van der Waals surface area contributed by atoms with Crippen LogP contribution in [-0.4, -0.2) is 28.4 Å². The molecule has 0 aromatic carbocycles. The molecule has 2 amide bonds. The van der Waals surface area contributed by atoms with Crippen LogP contribution in [0.2, 0.25) is 0 Å². The van der Waals surface area contributed by atoms with E-state index in [4.69, 9.17) is 4.52 Å². The van der Waals surface area contributed by atoms with Gasteiger partial charge >= 0.3 is 6.03 Å². The van der Waals surface area contributed by atoms with Crippen molar-refractivity contribution in [2.45, 2.75) is 46.6 Å². The van der Waals surface area contributed by atoms with Crippen LogP contribution in [0.15, 0.2) is 4.52 Å². The molecule has 19 heavy (non-hydrogen) atoms. The summed E-state index contributed by atoms with van der Waals surface area (Å²) in [5.41, 5.74) is 0.377. The Kier molecular flexibility index (Phi) is 4.94. The molecule has 1 aromatic rings. The van der Waals surface area contributed by atoms with Gasteiger partial charge in [-0.15, -0.1) is 0 Å². The highest BCUT2D eigenvalue weighted by Crippen LogP contribution is 2.20. The van der Waals surface area contributed by atoms with Crippen LogP contribution in [0.4, 0.5) is 10.5 Å². The van der Waals surface area contributed by atoms with Gasteiger partial charge in [-0.3, -0.25) is 0 Å². The van der Waals surface area contributed by atoms with E-state index in [0.717, 1.165) is 0 Å². The summed E-state index contributed by atoms with van der Waals surface area (Å²) >= 11 is 0. The van der Waals surface area contributed by atoms with E-state index in [1.165, 1.54) is 0 Å². The number of nitrogens with one attached hydrogen (secondary N) is 2. The maximum atomic E-state index is 11.8. The Hall–Kier alpha value is -1.56. The fourth-order valence-corrected chi connectivity index (χ4v) is 1.44. The number of hydrogen-bond donors (Lipinski definition) is 3. The summed E-state index contributed by atoms with van der Waals surface area (Å²) in [6.45, 7) is 9.36. The second-order valence-electron chi connectivity index (χ2n) is 5.23. The summed E-state index contributed by atoms with van der Waals surface area (Å²) in [4.78, 5) is 11.8. The van der Waals surface area contributed by atoms with E-state index in [-0.39, 0.29) is 18.5 Å². The number of aromatic nitrogens is 1. The Bertz CT molecular complexity index is 438. The van der Waals surface area contributed by atoms with E-state index < -0.39 is 5.60 Å². The molecular weight excluding hydrogens is 246 g/mol. The molecule has 0 saturated carbocycles. The van der Waals surface area contributed by atoms with Gasteiger partial charge in [0.05, 0.1) is 5.60 Å². The molecule has 0 aliphatic rings. The molecule has 108 valence electrons. The lowest BCUT2D eigenvalue weighted by Crippen LogP contribution is -2.45. The lowest BCUT2D eigenvalue weighted by atomic mass is 9.93. The van der Waals surface area contributed by atoms with Gasteiger partial charge in [-0.1, -0.05) is 25.9 Å². The van der Waals surface area contributed by atoms with Crippen LogP contribution in [0.3, 0.4) is 0 Å². The average Bonchev–Trinajstić information content (AvgIpc) is 2.68. The first-order chi connectivity index (χ1) is 8.77. The number of aliphatic hydroxyl groups is 1. The molecule has 0 aliphatic heterocycles. The molecular formula is C13H23N3O3. The number of aryl methyl sites for hydroxylation is 2. The van der Waals surface area contributed by atoms with E-state index in [1.54, 1.807) is 13.8 Å². The highest BCUT2D eigenvalue weighted by Gasteiger charge is 2.25. The van der Waals surface area contributed by atoms with E-state index in [0.29, 0.717) is 23.6 Å². The van der Waals surface area contributed by atoms with Crippen molar-refractivity contribution in [1.82, 2.24) is 10.5 Å². The quantitative estimate of drug-likeness (QED) is 0.763. The number of carbonyl (C=O) groups is 1. The highest BCUT2D eigenvalue weighted by atomic mass is 16.5. The number of hydrogen-bond acceptors (Lipinski definition) is 4. The Morgan fingerprint density at radius 3 is 2.68 bits per heavy atom. The Balaban J connectivity index is 2.59. The summed E-state index contributed by atoms with van der Waals surface area (Å²) < 4.78 is 5.03. The summed E-state index contributed by atoms with van der Waals surface area (Å²) in [6, 6.07) is -0.373. The van der Waals surface area contributed by atoms with Crippen LogP contribution in [0, 0.1) is 12.8 Å². The van der Waals surface area contributed by atoms with Crippen molar-refractivity contribution in [3.63, 3.8) is 0 Å². The molecule has 1 unspecified atom stereocenters. The van der Waals surface area contributed by atoms with Crippen molar-refractivity contribution in [3.05, 3.63) is 11.5 Å². The molecule has 6 nitrogen and oxygen atoms in total. The lowest BCUT2D eigenvalue weighted by Gasteiger charge is -2.27. The van der Waals surface area contributed by atoms with E-state index in [9.17, 15) is 9.90 Å². The van der Waals surface area contributed by atoms with Gasteiger partial charge in [-0.25, -0.2) is 4.79 Å². The normalized spacial score (nSPS) is 14.3. The number of nitrogens with zero attached hydrogens (tertiary/aromatic N) is 1. The third-order valence-corrected chi connectivity index (χ3v) is 3.36. The van der Waals surface area contributed by atoms with E-state index in [2.05, 4.69) is 15.8 Å². The third kappa shape index (κ3) is 3.96. The van der Waals surface area contributed by atoms with Gasteiger partial charge < -0.3 is 20.3 Å². The lowest BCUT2D eigenvalue weighted by molar-refractivity contribution is 0.0170. The number of amides is 2. The summed E-state index contributed by atoms with van der Waals surface area (Å²) in [5, 5.41) is 19.3. The first-order valence-electron chi connectivity index (χ1n) is 6.50. The summed E-state index contributed by atoms with van der Waals surface area (Å²) in [5.74, 6) is 0.624. The molecule has 1 aromatic heterocycles. The Morgan fingerprint density at radius 2 is 2.16 bits per heavy atom. The van der Waals surface area contributed by atoms with Gasteiger partial charge in [-0.2, -0.15) is 0 Å². The topological polar surface area (TPSA) is 87.4 Å². The van der Waals surface area contributed by atoms with Gasteiger partial charge in [0.25, 0.3) is 0 Å². The second-order valence-corrected chi connectivity index (χ2v) is 5.23. The molecule has 1 rings (SSSR count). The number of urea groups is 1. The minimum atomic E-state index is -0.936. The second kappa shape index (κ2) is 6.06. The molecule has 0 spiro atoms. The van der Waals surface area contributed by atoms with Gasteiger partial charge in [0.2, 0.25) is 0 Å². The zero-order valence-electron chi connectivity index (χ0n) is 12.2. The zero-order chi connectivity index (χ0) is 14.6. The monoisotopic (exact) mass is 269 g/mol. The Labute approximate surface area is 113 Å². The molecule has 3 N–H and O–H groups in total. The van der Waals surface area contributed by atoms with Crippen LogP contribution in [-0.2, 0) is 6.42 Å². The minimum Gasteiger partial charge on any atom is -0.388 e. The zero-order valence-corrected chi connectivity index (χ0v) is 12.2. The Morgan fingerprint density at radius 1 is 1.53 bits per heavy atom. The standard InChI is InChI=1S/C13H23N3O3/c1-6-10-11(9(4)19-16-10)15-12(17)14-7-13(5,18)8(2)3/h8,18H,6-7H2,1-5H3,(H2,14,15,17). The maximum absolute atomic E-state index is 11.8. The van der Waals surface area contributed by atoms with Crippen LogP contribution >= 0.6 is 0 Å². The predicted octanol–water partition coefficient (Wildman–Crippen LogP) is 2.07. The molecule has 0 aliphatic carbocycles. The summed E-state index contributed by atoms with van der Waals surface area (Å²) in [7, 11) is 0. The van der Waals surface area contributed by atoms with Gasteiger partial charge in [-0.05, 0) is 26.2 Å². The van der Waals surface area contributed by atoms with E-state index >= 15 is 0 Å². The van der Waals surface area contributed by atoms with Gasteiger partial charge in [0.15, 0.2) is 5.76 Å². The molecule has 0 bridgehead atoms. The molecule has 6 heteroatoms. The highest BCUT2D eigenvalue weighted by molar-refractivity contribution is 5.90. The van der Waals surface area contributed by atoms with Crippen LogP contribution in [0.25, 0.3) is 0 Å². The molecule has 0 radical (unpaired) electrons. The molecule has 0 fully saturated rings. The third-order valence-electron chi connectivity index (χ3n) is 3.36. The van der Waals surface area contributed by atoms with Crippen molar-refractivity contribution in [3.8, 4) is 0 Å². The van der Waals surface area contributed by atoms with Crippen molar-refractivity contribution in [2.24, 2.45) is 5.92 Å². The predicted molar refractivity (Wildman–Crippen MR) is 73.1 cm³/mol. The van der Waals surface area contributed by atoms with Crippen molar-refractivity contribution in [2.75, 3.05) is 11.9 Å². The van der Waals surface area contributed by atoms with Gasteiger partial charge in [0, 0.05) is 6.54 Å².